The van der Waals surface area contributed by atoms with Crippen molar-refractivity contribution in [1.82, 2.24) is 5.32 Å². The molecule has 7 heteroatoms. The monoisotopic (exact) mass is 305 g/mol. The standard InChI is InChI=1S/C15H19N3O4/c1-18(15(22)9-6-7-9)12-5-3-2-4-10(12)14(21)17-11(8-19)13(16)20/h2-5,9,11,19H,6-8H2,1H3,(H2,16,20)(H,17,21)/t11-/m0/s1. The van der Waals surface area contributed by atoms with Crippen molar-refractivity contribution >= 4 is 23.4 Å². The van der Waals surface area contributed by atoms with Gasteiger partial charge in [0.1, 0.15) is 6.04 Å². The molecule has 22 heavy (non-hydrogen) atoms. The van der Waals surface area contributed by atoms with Crippen molar-refractivity contribution in [3.63, 3.8) is 0 Å². The number of aliphatic hydroxyl groups excluding tert-OH is 1. The Morgan fingerprint density at radius 2 is 2.00 bits per heavy atom. The maximum Gasteiger partial charge on any atom is 0.254 e. The van der Waals surface area contributed by atoms with E-state index in [4.69, 9.17) is 10.8 Å². The van der Waals surface area contributed by atoms with Crippen molar-refractivity contribution in [2.45, 2.75) is 18.9 Å². The number of aliphatic hydroxyl groups is 1. The van der Waals surface area contributed by atoms with Crippen LogP contribution in [0.2, 0.25) is 0 Å². The SMILES string of the molecule is CN(C(=O)C1CC1)c1ccccc1C(=O)N[C@@H](CO)C(N)=O. The fourth-order valence-corrected chi connectivity index (χ4v) is 2.12. The van der Waals surface area contributed by atoms with E-state index in [0.717, 1.165) is 12.8 Å². The first-order chi connectivity index (χ1) is 10.5. The highest BCUT2D eigenvalue weighted by atomic mass is 16.3. The molecule has 118 valence electrons. The van der Waals surface area contributed by atoms with Gasteiger partial charge in [-0.05, 0) is 25.0 Å². The molecule has 1 aliphatic carbocycles. The lowest BCUT2D eigenvalue weighted by Crippen LogP contribution is -2.47. The number of hydrogen-bond acceptors (Lipinski definition) is 4. The van der Waals surface area contributed by atoms with Crippen LogP contribution in [-0.2, 0) is 9.59 Å². The lowest BCUT2D eigenvalue weighted by molar-refractivity contribution is -0.121. The Hall–Kier alpha value is -2.41. The molecule has 0 heterocycles. The number of rotatable bonds is 6. The van der Waals surface area contributed by atoms with E-state index < -0.39 is 24.5 Å². The molecule has 7 nitrogen and oxygen atoms in total. The molecule has 0 unspecified atom stereocenters. The van der Waals surface area contributed by atoms with Gasteiger partial charge in [-0.3, -0.25) is 14.4 Å². The number of nitrogens with one attached hydrogen (secondary N) is 1. The quantitative estimate of drug-likeness (QED) is 0.666. The predicted molar refractivity (Wildman–Crippen MR) is 80.1 cm³/mol. The molecule has 1 aliphatic rings. The largest absolute Gasteiger partial charge is 0.394 e. The van der Waals surface area contributed by atoms with Gasteiger partial charge in [0.05, 0.1) is 17.9 Å². The van der Waals surface area contributed by atoms with Gasteiger partial charge < -0.3 is 21.1 Å². The molecule has 2 rings (SSSR count). The number of carbonyl (C=O) groups is 3. The van der Waals surface area contributed by atoms with Crippen LogP contribution in [0.1, 0.15) is 23.2 Å². The molecule has 0 aromatic heterocycles. The van der Waals surface area contributed by atoms with Gasteiger partial charge in [-0.1, -0.05) is 12.1 Å². The van der Waals surface area contributed by atoms with Crippen LogP contribution in [0.5, 0.6) is 0 Å². The summed E-state index contributed by atoms with van der Waals surface area (Å²) in [5.74, 6) is -1.40. The van der Waals surface area contributed by atoms with Crippen LogP contribution in [0.4, 0.5) is 5.69 Å². The minimum absolute atomic E-state index is 0.0249. The van der Waals surface area contributed by atoms with Gasteiger partial charge in [-0.2, -0.15) is 0 Å². The molecule has 1 saturated carbocycles. The molecule has 1 atom stereocenters. The second kappa shape index (κ2) is 6.57. The van der Waals surface area contributed by atoms with Gasteiger partial charge in [0, 0.05) is 13.0 Å². The Bertz CT molecular complexity index is 598. The Kier molecular flexibility index (Phi) is 4.77. The van der Waals surface area contributed by atoms with E-state index in [1.54, 1.807) is 31.3 Å². The summed E-state index contributed by atoms with van der Waals surface area (Å²) < 4.78 is 0. The lowest BCUT2D eigenvalue weighted by atomic mass is 10.1. The molecule has 1 aromatic rings. The lowest BCUT2D eigenvalue weighted by Gasteiger charge is -2.21. The molecular formula is C15H19N3O4. The number of nitrogens with zero attached hydrogens (tertiary/aromatic N) is 1. The van der Waals surface area contributed by atoms with Crippen molar-refractivity contribution in [2.75, 3.05) is 18.6 Å². The molecule has 0 radical (unpaired) electrons. The number of hydrogen-bond donors (Lipinski definition) is 3. The minimum atomic E-state index is -1.16. The summed E-state index contributed by atoms with van der Waals surface area (Å²) >= 11 is 0. The smallest absolute Gasteiger partial charge is 0.254 e. The number of anilines is 1. The highest BCUT2D eigenvalue weighted by Gasteiger charge is 2.33. The van der Waals surface area contributed by atoms with Gasteiger partial charge in [0.15, 0.2) is 0 Å². The van der Waals surface area contributed by atoms with Crippen molar-refractivity contribution in [3.8, 4) is 0 Å². The van der Waals surface area contributed by atoms with Crippen molar-refractivity contribution in [3.05, 3.63) is 29.8 Å². The molecule has 0 saturated heterocycles. The third-order valence-electron chi connectivity index (χ3n) is 3.60. The number of amides is 3. The molecule has 0 aliphatic heterocycles. The Balaban J connectivity index is 2.21. The van der Waals surface area contributed by atoms with Crippen LogP contribution in [0.3, 0.4) is 0 Å². The van der Waals surface area contributed by atoms with Crippen LogP contribution in [0.25, 0.3) is 0 Å². The molecule has 3 amide bonds. The van der Waals surface area contributed by atoms with E-state index in [-0.39, 0.29) is 17.4 Å². The maximum absolute atomic E-state index is 12.3. The van der Waals surface area contributed by atoms with Gasteiger partial charge in [0.2, 0.25) is 11.8 Å². The summed E-state index contributed by atoms with van der Waals surface area (Å²) in [5, 5.41) is 11.4. The van der Waals surface area contributed by atoms with Crippen molar-refractivity contribution in [2.24, 2.45) is 11.7 Å². The topological polar surface area (TPSA) is 113 Å². The van der Waals surface area contributed by atoms with E-state index in [1.165, 1.54) is 4.90 Å². The third kappa shape index (κ3) is 3.43. The van der Waals surface area contributed by atoms with E-state index in [2.05, 4.69) is 5.32 Å². The highest BCUT2D eigenvalue weighted by Crippen LogP contribution is 2.33. The molecule has 1 fully saturated rings. The van der Waals surface area contributed by atoms with E-state index in [0.29, 0.717) is 5.69 Å². The minimum Gasteiger partial charge on any atom is -0.394 e. The van der Waals surface area contributed by atoms with E-state index >= 15 is 0 Å². The van der Waals surface area contributed by atoms with Crippen LogP contribution >= 0.6 is 0 Å². The van der Waals surface area contributed by atoms with Crippen LogP contribution in [-0.4, -0.2) is 42.5 Å². The summed E-state index contributed by atoms with van der Waals surface area (Å²) in [6, 6.07) is 5.43. The van der Waals surface area contributed by atoms with Crippen molar-refractivity contribution < 1.29 is 19.5 Å². The molecule has 0 bridgehead atoms. The maximum atomic E-state index is 12.3. The molecule has 1 aromatic carbocycles. The number of nitrogens with two attached hydrogens (primary N) is 1. The molecular weight excluding hydrogens is 286 g/mol. The third-order valence-corrected chi connectivity index (χ3v) is 3.60. The Morgan fingerprint density at radius 1 is 1.36 bits per heavy atom. The number of primary amides is 1. The van der Waals surface area contributed by atoms with Gasteiger partial charge in [0.25, 0.3) is 5.91 Å². The summed E-state index contributed by atoms with van der Waals surface area (Å²) in [7, 11) is 1.62. The number of carbonyl (C=O) groups excluding carboxylic acids is 3. The van der Waals surface area contributed by atoms with E-state index in [9.17, 15) is 14.4 Å². The summed E-state index contributed by atoms with van der Waals surface area (Å²) in [4.78, 5) is 37.0. The molecule has 0 spiro atoms. The van der Waals surface area contributed by atoms with Crippen LogP contribution in [0, 0.1) is 5.92 Å². The zero-order valence-corrected chi connectivity index (χ0v) is 12.3. The normalized spacial score (nSPS) is 15.0. The van der Waals surface area contributed by atoms with E-state index in [1.807, 2.05) is 0 Å². The highest BCUT2D eigenvalue weighted by molar-refractivity contribution is 6.06. The van der Waals surface area contributed by atoms with Gasteiger partial charge in [-0.25, -0.2) is 0 Å². The first-order valence-corrected chi connectivity index (χ1v) is 7.03. The number of para-hydroxylation sites is 1. The van der Waals surface area contributed by atoms with Gasteiger partial charge >= 0.3 is 0 Å². The Morgan fingerprint density at radius 3 is 2.55 bits per heavy atom. The summed E-state index contributed by atoms with van der Waals surface area (Å²) in [5.41, 5.74) is 5.79. The number of benzene rings is 1. The fraction of sp³-hybridized carbons (Fsp3) is 0.400. The molecule has 4 N–H and O–H groups in total. The second-order valence-corrected chi connectivity index (χ2v) is 5.30. The average Bonchev–Trinajstić information content (AvgIpc) is 3.35. The average molecular weight is 305 g/mol. The van der Waals surface area contributed by atoms with Crippen LogP contribution < -0.4 is 16.0 Å². The first-order valence-electron chi connectivity index (χ1n) is 7.03. The second-order valence-electron chi connectivity index (χ2n) is 5.30. The zero-order valence-electron chi connectivity index (χ0n) is 12.3. The first kappa shape index (κ1) is 16.0. The van der Waals surface area contributed by atoms with Crippen LogP contribution in [0.15, 0.2) is 24.3 Å². The van der Waals surface area contributed by atoms with Gasteiger partial charge in [-0.15, -0.1) is 0 Å². The van der Waals surface area contributed by atoms with Crippen molar-refractivity contribution in [1.29, 1.82) is 0 Å². The summed E-state index contributed by atoms with van der Waals surface area (Å²) in [6.45, 7) is -0.583. The predicted octanol–water partition coefficient (Wildman–Crippen LogP) is -0.365. The fourth-order valence-electron chi connectivity index (χ4n) is 2.12. The zero-order chi connectivity index (χ0) is 16.3. The Labute approximate surface area is 128 Å². The summed E-state index contributed by atoms with van der Waals surface area (Å²) in [6.07, 6.45) is 1.73.